The summed E-state index contributed by atoms with van der Waals surface area (Å²) in [6, 6.07) is 6.63. The van der Waals surface area contributed by atoms with Gasteiger partial charge in [-0.05, 0) is 31.0 Å². The number of likely N-dealkylation sites (tertiary alicyclic amines) is 2. The van der Waals surface area contributed by atoms with Crippen molar-refractivity contribution < 1.29 is 19.5 Å². The van der Waals surface area contributed by atoms with Crippen LogP contribution in [0.15, 0.2) is 24.3 Å². The summed E-state index contributed by atoms with van der Waals surface area (Å²) in [6.07, 6.45) is 0.935. The van der Waals surface area contributed by atoms with Crippen LogP contribution in [0.5, 0.6) is 0 Å². The fourth-order valence-electron chi connectivity index (χ4n) is 3.85. The average Bonchev–Trinajstić information content (AvgIpc) is 2.81. The summed E-state index contributed by atoms with van der Waals surface area (Å²) in [5.41, 5.74) is -0.0928. The molecule has 1 atom stereocenters. The number of rotatable bonds is 2. The number of carboxylic acids is 1. The van der Waals surface area contributed by atoms with Crippen LogP contribution in [-0.2, 0) is 9.59 Å². The number of aliphatic carboxylic acids is 1. The van der Waals surface area contributed by atoms with Crippen LogP contribution in [0.25, 0.3) is 0 Å². The third kappa shape index (κ3) is 3.16. The van der Waals surface area contributed by atoms with Gasteiger partial charge in [0.25, 0.3) is 0 Å². The van der Waals surface area contributed by atoms with Gasteiger partial charge in [-0.25, -0.2) is 4.79 Å². The van der Waals surface area contributed by atoms with Gasteiger partial charge in [0.2, 0.25) is 5.91 Å². The molecule has 0 aromatic heterocycles. The number of carbonyl (C=O) groups excluding carboxylic acids is 2. The molecule has 2 heterocycles. The number of halogens is 1. The van der Waals surface area contributed by atoms with E-state index in [-0.39, 0.29) is 18.4 Å². The van der Waals surface area contributed by atoms with E-state index < -0.39 is 17.4 Å². The highest BCUT2D eigenvalue weighted by molar-refractivity contribution is 6.30. The molecular formula is C17H20ClN3O4. The zero-order valence-corrected chi connectivity index (χ0v) is 14.6. The maximum absolute atomic E-state index is 12.4. The van der Waals surface area contributed by atoms with Gasteiger partial charge in [0, 0.05) is 37.3 Å². The summed E-state index contributed by atoms with van der Waals surface area (Å²) >= 11 is 5.91. The number of nitrogens with zero attached hydrogens (tertiary/aromatic N) is 2. The third-order valence-electron chi connectivity index (χ3n) is 5.36. The van der Waals surface area contributed by atoms with Crippen LogP contribution in [0, 0.1) is 5.92 Å². The molecule has 1 aromatic carbocycles. The van der Waals surface area contributed by atoms with Crippen molar-refractivity contribution in [1.82, 2.24) is 9.80 Å². The highest BCUT2D eigenvalue weighted by Gasteiger charge is 2.55. The molecule has 134 valence electrons. The normalized spacial score (nSPS) is 22.3. The van der Waals surface area contributed by atoms with Crippen LogP contribution >= 0.6 is 11.6 Å². The van der Waals surface area contributed by atoms with Crippen molar-refractivity contribution in [1.29, 1.82) is 0 Å². The van der Waals surface area contributed by atoms with Crippen LogP contribution in [0.1, 0.15) is 19.3 Å². The van der Waals surface area contributed by atoms with Gasteiger partial charge >= 0.3 is 12.0 Å². The van der Waals surface area contributed by atoms with E-state index in [1.165, 1.54) is 0 Å². The van der Waals surface area contributed by atoms with Gasteiger partial charge in [-0.1, -0.05) is 17.7 Å². The van der Waals surface area contributed by atoms with E-state index >= 15 is 0 Å². The van der Waals surface area contributed by atoms with Crippen molar-refractivity contribution in [2.75, 3.05) is 25.5 Å². The Morgan fingerprint density at radius 2 is 2.00 bits per heavy atom. The monoisotopic (exact) mass is 365 g/mol. The largest absolute Gasteiger partial charge is 0.481 e. The van der Waals surface area contributed by atoms with Crippen molar-refractivity contribution in [3.63, 3.8) is 0 Å². The first-order chi connectivity index (χ1) is 11.8. The summed E-state index contributed by atoms with van der Waals surface area (Å²) in [5, 5.41) is 12.8. The van der Waals surface area contributed by atoms with Gasteiger partial charge in [-0.3, -0.25) is 9.59 Å². The second-order valence-electron chi connectivity index (χ2n) is 6.58. The topological polar surface area (TPSA) is 90.0 Å². The number of piperidine rings is 1. The molecule has 2 N–H and O–H groups in total. The van der Waals surface area contributed by atoms with E-state index in [0.29, 0.717) is 36.6 Å². The van der Waals surface area contributed by atoms with E-state index in [1.807, 2.05) is 0 Å². The maximum Gasteiger partial charge on any atom is 0.321 e. The predicted octanol–water partition coefficient (Wildman–Crippen LogP) is 2.27. The number of urea groups is 1. The number of benzene rings is 1. The molecule has 1 aromatic rings. The van der Waals surface area contributed by atoms with Gasteiger partial charge in [0.05, 0.1) is 11.5 Å². The Morgan fingerprint density at radius 1 is 1.32 bits per heavy atom. The zero-order valence-electron chi connectivity index (χ0n) is 13.9. The molecule has 0 saturated carbocycles. The second-order valence-corrected chi connectivity index (χ2v) is 7.02. The molecule has 0 radical (unpaired) electrons. The first kappa shape index (κ1) is 17.5. The Morgan fingerprint density at radius 3 is 2.60 bits per heavy atom. The number of anilines is 1. The number of hydrogen-bond acceptors (Lipinski definition) is 3. The summed E-state index contributed by atoms with van der Waals surface area (Å²) in [5.74, 6) is -1.82. The van der Waals surface area contributed by atoms with Gasteiger partial charge in [-0.2, -0.15) is 0 Å². The number of carbonyl (C=O) groups is 3. The molecular weight excluding hydrogens is 346 g/mol. The third-order valence-corrected chi connectivity index (χ3v) is 5.60. The fourth-order valence-corrected chi connectivity index (χ4v) is 4.04. The molecule has 1 spiro atoms. The average molecular weight is 366 g/mol. The predicted molar refractivity (Wildman–Crippen MR) is 92.5 cm³/mol. The first-order valence-corrected chi connectivity index (χ1v) is 8.52. The minimum atomic E-state index is -0.950. The molecule has 8 heteroatoms. The smallest absolute Gasteiger partial charge is 0.321 e. The minimum Gasteiger partial charge on any atom is -0.481 e. The standard InChI is InChI=1S/C17H20ClN3O4/c1-20-14(22)10-13(15(23)24)17(20)5-7-21(8-6-17)16(25)19-12-4-2-3-11(18)9-12/h2-4,9,13H,5-8,10H2,1H3,(H,19,25)(H,23,24). The molecule has 0 aliphatic carbocycles. The second kappa shape index (κ2) is 6.55. The van der Waals surface area contributed by atoms with E-state index in [1.54, 1.807) is 41.1 Å². The molecule has 7 nitrogen and oxygen atoms in total. The quantitative estimate of drug-likeness (QED) is 0.841. The Balaban J connectivity index is 1.67. The summed E-state index contributed by atoms with van der Waals surface area (Å²) < 4.78 is 0. The van der Waals surface area contributed by atoms with Crippen molar-refractivity contribution in [3.05, 3.63) is 29.3 Å². The number of nitrogens with one attached hydrogen (secondary N) is 1. The van der Waals surface area contributed by atoms with E-state index in [9.17, 15) is 19.5 Å². The molecule has 2 saturated heterocycles. The number of hydrogen-bond donors (Lipinski definition) is 2. The van der Waals surface area contributed by atoms with Gasteiger partial charge in [0.15, 0.2) is 0 Å². The number of amides is 3. The van der Waals surface area contributed by atoms with Crippen molar-refractivity contribution >= 4 is 35.2 Å². The lowest BCUT2D eigenvalue weighted by Gasteiger charge is -2.45. The highest BCUT2D eigenvalue weighted by atomic mass is 35.5. The Bertz CT molecular complexity index is 716. The Hall–Kier alpha value is -2.28. The summed E-state index contributed by atoms with van der Waals surface area (Å²) in [6.45, 7) is 0.793. The molecule has 2 fully saturated rings. The molecule has 0 bridgehead atoms. The van der Waals surface area contributed by atoms with Crippen LogP contribution in [0.4, 0.5) is 10.5 Å². The molecule has 1 unspecified atom stereocenters. The van der Waals surface area contributed by atoms with Crippen LogP contribution in [0.2, 0.25) is 5.02 Å². The van der Waals surface area contributed by atoms with Gasteiger partial charge < -0.3 is 20.2 Å². The van der Waals surface area contributed by atoms with Crippen LogP contribution in [0.3, 0.4) is 0 Å². The molecule has 3 amide bonds. The van der Waals surface area contributed by atoms with Crippen molar-refractivity contribution in [2.24, 2.45) is 5.92 Å². The maximum atomic E-state index is 12.4. The van der Waals surface area contributed by atoms with Gasteiger partial charge in [-0.15, -0.1) is 0 Å². The molecule has 2 aliphatic heterocycles. The zero-order chi connectivity index (χ0) is 18.2. The van der Waals surface area contributed by atoms with Crippen LogP contribution in [-0.4, -0.2) is 58.5 Å². The van der Waals surface area contributed by atoms with Crippen LogP contribution < -0.4 is 5.32 Å². The Labute approximate surface area is 150 Å². The number of carboxylic acid groups (broad SMARTS) is 1. The molecule has 3 rings (SSSR count). The first-order valence-electron chi connectivity index (χ1n) is 8.14. The summed E-state index contributed by atoms with van der Waals surface area (Å²) in [7, 11) is 1.66. The molecule has 2 aliphatic rings. The van der Waals surface area contributed by atoms with Crippen molar-refractivity contribution in [2.45, 2.75) is 24.8 Å². The van der Waals surface area contributed by atoms with E-state index in [2.05, 4.69) is 5.32 Å². The summed E-state index contributed by atoms with van der Waals surface area (Å²) in [4.78, 5) is 39.2. The minimum absolute atomic E-state index is 0.0283. The van der Waals surface area contributed by atoms with Crippen molar-refractivity contribution in [3.8, 4) is 0 Å². The lowest BCUT2D eigenvalue weighted by atomic mass is 9.77. The van der Waals surface area contributed by atoms with Gasteiger partial charge in [0.1, 0.15) is 0 Å². The lowest BCUT2D eigenvalue weighted by Crippen LogP contribution is -2.57. The SMILES string of the molecule is CN1C(=O)CC(C(=O)O)C12CCN(C(=O)Nc1cccc(Cl)c1)CC2. The van der Waals surface area contributed by atoms with E-state index in [0.717, 1.165) is 0 Å². The highest BCUT2D eigenvalue weighted by Crippen LogP contribution is 2.42. The fraction of sp³-hybridized carbons (Fsp3) is 0.471. The Kier molecular flexibility index (Phi) is 4.60. The lowest BCUT2D eigenvalue weighted by molar-refractivity contribution is -0.145. The van der Waals surface area contributed by atoms with E-state index in [4.69, 9.17) is 11.6 Å². The molecule has 25 heavy (non-hydrogen) atoms.